The van der Waals surface area contributed by atoms with E-state index in [2.05, 4.69) is 5.32 Å². The molecule has 96 valence electrons. The monoisotopic (exact) mass is 252 g/mol. The van der Waals surface area contributed by atoms with Crippen molar-refractivity contribution in [1.29, 1.82) is 5.26 Å². The molecule has 1 fully saturated rings. The topological polar surface area (TPSA) is 45.0 Å². The molecule has 2 unspecified atom stereocenters. The molecule has 2 atom stereocenters. The lowest BCUT2D eigenvalue weighted by molar-refractivity contribution is 0.105. The lowest BCUT2D eigenvalue weighted by Crippen LogP contribution is -2.41. The largest absolute Gasteiger partial charge is 0.376 e. The number of halogens is 2. The lowest BCUT2D eigenvalue weighted by Gasteiger charge is -2.30. The second kappa shape index (κ2) is 4.54. The van der Waals surface area contributed by atoms with Gasteiger partial charge in [0.2, 0.25) is 0 Å². The van der Waals surface area contributed by atoms with E-state index >= 15 is 0 Å². The molecule has 1 heterocycles. The molecule has 0 aliphatic carbocycles. The van der Waals surface area contributed by atoms with Crippen LogP contribution in [0.1, 0.15) is 25.8 Å². The van der Waals surface area contributed by atoms with Gasteiger partial charge < -0.3 is 10.1 Å². The summed E-state index contributed by atoms with van der Waals surface area (Å²) in [7, 11) is 0. The molecule has 0 aromatic heterocycles. The third-order valence-electron chi connectivity index (χ3n) is 3.47. The molecule has 18 heavy (non-hydrogen) atoms. The summed E-state index contributed by atoms with van der Waals surface area (Å²) in [5.41, 5.74) is -0.735. The Labute approximate surface area is 104 Å². The number of nitriles is 1. The van der Waals surface area contributed by atoms with Crippen LogP contribution in [0.3, 0.4) is 0 Å². The van der Waals surface area contributed by atoms with Crippen LogP contribution in [-0.4, -0.2) is 18.2 Å². The van der Waals surface area contributed by atoms with Crippen LogP contribution < -0.4 is 5.32 Å². The number of hydrogen-bond donors (Lipinski definition) is 1. The van der Waals surface area contributed by atoms with Crippen molar-refractivity contribution < 1.29 is 13.5 Å². The van der Waals surface area contributed by atoms with Crippen molar-refractivity contribution in [3.05, 3.63) is 29.3 Å². The van der Waals surface area contributed by atoms with Crippen molar-refractivity contribution >= 4 is 5.69 Å². The van der Waals surface area contributed by atoms with E-state index in [1.54, 1.807) is 6.07 Å². The number of nitrogens with zero attached hydrogens (tertiary/aromatic N) is 1. The Hall–Kier alpha value is -1.67. The average Bonchev–Trinajstić information content (AvgIpc) is 2.64. The predicted octanol–water partition coefficient (Wildman–Crippen LogP) is 2.82. The highest BCUT2D eigenvalue weighted by molar-refractivity contribution is 5.52. The quantitative estimate of drug-likeness (QED) is 0.880. The van der Waals surface area contributed by atoms with Crippen LogP contribution in [0.2, 0.25) is 0 Å². The minimum absolute atomic E-state index is 0.0311. The minimum atomic E-state index is -0.758. The molecule has 0 radical (unpaired) electrons. The molecule has 0 saturated carbocycles. The summed E-state index contributed by atoms with van der Waals surface area (Å²) in [6, 6.07) is 3.76. The summed E-state index contributed by atoms with van der Waals surface area (Å²) < 4.78 is 32.9. The number of nitrogens with one attached hydrogen (secondary N) is 1. The van der Waals surface area contributed by atoms with E-state index in [0.29, 0.717) is 13.0 Å². The van der Waals surface area contributed by atoms with E-state index in [0.717, 1.165) is 12.1 Å². The molecule has 0 spiro atoms. The third-order valence-corrected chi connectivity index (χ3v) is 3.47. The van der Waals surface area contributed by atoms with Gasteiger partial charge in [-0.2, -0.15) is 5.26 Å². The van der Waals surface area contributed by atoms with Crippen LogP contribution in [0.15, 0.2) is 12.1 Å². The van der Waals surface area contributed by atoms with Gasteiger partial charge in [0.1, 0.15) is 5.69 Å². The Morgan fingerprint density at radius 1 is 1.44 bits per heavy atom. The van der Waals surface area contributed by atoms with Crippen molar-refractivity contribution in [3.63, 3.8) is 0 Å². The first-order valence-electron chi connectivity index (χ1n) is 5.75. The number of ether oxygens (including phenoxy) is 1. The maximum absolute atomic E-state index is 13.8. The number of benzene rings is 1. The molecule has 1 aliphatic rings. The van der Waals surface area contributed by atoms with Gasteiger partial charge in [-0.25, -0.2) is 8.78 Å². The van der Waals surface area contributed by atoms with Gasteiger partial charge in [-0.3, -0.25) is 0 Å². The second-order valence-corrected chi connectivity index (χ2v) is 4.73. The predicted molar refractivity (Wildman–Crippen MR) is 63.1 cm³/mol. The van der Waals surface area contributed by atoms with Crippen molar-refractivity contribution in [2.45, 2.75) is 31.9 Å². The highest BCUT2D eigenvalue weighted by atomic mass is 19.1. The first-order valence-corrected chi connectivity index (χ1v) is 5.75. The molecule has 5 heteroatoms. The Bertz CT molecular complexity index is 489. The van der Waals surface area contributed by atoms with Crippen LogP contribution in [0.4, 0.5) is 14.5 Å². The molecule has 0 amide bonds. The number of anilines is 1. The number of rotatable bonds is 2. The van der Waals surface area contributed by atoms with E-state index in [1.807, 2.05) is 13.8 Å². The van der Waals surface area contributed by atoms with Crippen molar-refractivity contribution in [2.24, 2.45) is 0 Å². The smallest absolute Gasteiger partial charge is 0.150 e. The highest BCUT2D eigenvalue weighted by Gasteiger charge is 2.38. The zero-order valence-electron chi connectivity index (χ0n) is 10.3. The fraction of sp³-hybridized carbons (Fsp3) is 0.462. The number of hydrogen-bond acceptors (Lipinski definition) is 3. The fourth-order valence-electron chi connectivity index (χ4n) is 2.04. The normalized spacial score (nSPS) is 26.9. The van der Waals surface area contributed by atoms with E-state index < -0.39 is 17.2 Å². The van der Waals surface area contributed by atoms with E-state index in [9.17, 15) is 8.78 Å². The van der Waals surface area contributed by atoms with Crippen molar-refractivity contribution in [3.8, 4) is 6.07 Å². The maximum atomic E-state index is 13.8. The second-order valence-electron chi connectivity index (χ2n) is 4.73. The van der Waals surface area contributed by atoms with Crippen LogP contribution in [-0.2, 0) is 4.74 Å². The Morgan fingerprint density at radius 2 is 2.06 bits per heavy atom. The first kappa shape index (κ1) is 12.8. The van der Waals surface area contributed by atoms with Gasteiger partial charge in [-0.1, -0.05) is 0 Å². The summed E-state index contributed by atoms with van der Waals surface area (Å²) in [4.78, 5) is 0. The third kappa shape index (κ3) is 2.16. The highest BCUT2D eigenvalue weighted by Crippen LogP contribution is 2.32. The van der Waals surface area contributed by atoms with Gasteiger partial charge in [0.25, 0.3) is 0 Å². The maximum Gasteiger partial charge on any atom is 0.150 e. The first-order chi connectivity index (χ1) is 8.46. The summed E-state index contributed by atoms with van der Waals surface area (Å²) >= 11 is 0. The van der Waals surface area contributed by atoms with Gasteiger partial charge in [0.15, 0.2) is 11.6 Å². The Morgan fingerprint density at radius 3 is 2.50 bits per heavy atom. The standard InChI is InChI=1S/C13H14F2N2O/c1-8-13(2,3-4-18-8)17-12-10(14)5-9(7-16)6-11(12)15/h5-6,8,17H,3-4H2,1-2H3. The molecule has 1 aliphatic heterocycles. The van der Waals surface area contributed by atoms with Gasteiger partial charge in [-0.05, 0) is 32.4 Å². The summed E-state index contributed by atoms with van der Waals surface area (Å²) in [6.45, 7) is 4.28. The molecular formula is C13H14F2N2O. The molecule has 1 aromatic rings. The molecule has 0 bridgehead atoms. The van der Waals surface area contributed by atoms with Crippen molar-refractivity contribution in [1.82, 2.24) is 0 Å². The Balaban J connectivity index is 2.33. The van der Waals surface area contributed by atoms with E-state index in [1.165, 1.54) is 0 Å². The fourth-order valence-corrected chi connectivity index (χ4v) is 2.04. The van der Waals surface area contributed by atoms with Gasteiger partial charge >= 0.3 is 0 Å². The van der Waals surface area contributed by atoms with Crippen LogP contribution in [0, 0.1) is 23.0 Å². The van der Waals surface area contributed by atoms with Gasteiger partial charge in [-0.15, -0.1) is 0 Å². The average molecular weight is 252 g/mol. The van der Waals surface area contributed by atoms with Gasteiger partial charge in [0, 0.05) is 6.61 Å². The van der Waals surface area contributed by atoms with Gasteiger partial charge in [0.05, 0.1) is 23.3 Å². The molecule has 1 saturated heterocycles. The van der Waals surface area contributed by atoms with Crippen LogP contribution in [0.5, 0.6) is 0 Å². The van der Waals surface area contributed by atoms with Crippen LogP contribution in [0.25, 0.3) is 0 Å². The van der Waals surface area contributed by atoms with E-state index in [4.69, 9.17) is 10.00 Å². The lowest BCUT2D eigenvalue weighted by atomic mass is 9.94. The minimum Gasteiger partial charge on any atom is -0.376 e. The summed E-state index contributed by atoms with van der Waals surface area (Å²) in [6.07, 6.45) is 0.541. The van der Waals surface area contributed by atoms with E-state index in [-0.39, 0.29) is 17.4 Å². The molecule has 1 N–H and O–H groups in total. The zero-order chi connectivity index (χ0) is 13.3. The SMILES string of the molecule is CC1OCCC1(C)Nc1c(F)cc(C#N)cc1F. The van der Waals surface area contributed by atoms with Crippen LogP contribution >= 0.6 is 0 Å². The molecule has 3 nitrogen and oxygen atoms in total. The van der Waals surface area contributed by atoms with Crippen molar-refractivity contribution in [2.75, 3.05) is 11.9 Å². The Kier molecular flexibility index (Phi) is 3.22. The summed E-state index contributed by atoms with van der Waals surface area (Å²) in [5.74, 6) is -1.52. The molecule has 2 rings (SSSR count). The summed E-state index contributed by atoms with van der Waals surface area (Å²) in [5, 5.41) is 11.5. The molecular weight excluding hydrogens is 238 g/mol. The molecule has 1 aromatic carbocycles. The zero-order valence-corrected chi connectivity index (χ0v) is 10.3.